The predicted molar refractivity (Wildman–Crippen MR) is 94.4 cm³/mol. The van der Waals surface area contributed by atoms with Crippen molar-refractivity contribution in [2.45, 2.75) is 17.7 Å². The monoisotopic (exact) mass is 355 g/mol. The Morgan fingerprint density at radius 2 is 2.13 bits per heavy atom. The number of fused-ring (bicyclic) bond motifs is 1. The number of benzene rings is 1. The van der Waals surface area contributed by atoms with Crippen LogP contribution in [0.25, 0.3) is 10.9 Å². The van der Waals surface area contributed by atoms with Crippen LogP contribution >= 0.6 is 12.4 Å². The van der Waals surface area contributed by atoms with Gasteiger partial charge >= 0.3 is 0 Å². The van der Waals surface area contributed by atoms with Crippen molar-refractivity contribution >= 4 is 33.3 Å². The number of hydrogen-bond donors (Lipinski definition) is 1. The van der Waals surface area contributed by atoms with Crippen molar-refractivity contribution in [3.63, 3.8) is 0 Å². The van der Waals surface area contributed by atoms with Gasteiger partial charge in [-0.3, -0.25) is 4.98 Å². The fourth-order valence-electron chi connectivity index (χ4n) is 3.14. The minimum Gasteiger partial charge on any atom is -0.319 e. The third kappa shape index (κ3) is 3.66. The van der Waals surface area contributed by atoms with Gasteiger partial charge in [-0.15, -0.1) is 12.4 Å². The molecule has 0 saturated carbocycles. The van der Waals surface area contributed by atoms with E-state index in [0.29, 0.717) is 34.8 Å². The molecule has 5 nitrogen and oxygen atoms in total. The van der Waals surface area contributed by atoms with Gasteiger partial charge in [0, 0.05) is 24.7 Å². The van der Waals surface area contributed by atoms with Crippen molar-refractivity contribution in [2.24, 2.45) is 5.92 Å². The van der Waals surface area contributed by atoms with E-state index in [2.05, 4.69) is 10.3 Å². The number of nitrogens with one attached hydrogen (secondary N) is 1. The van der Waals surface area contributed by atoms with E-state index in [1.807, 2.05) is 19.2 Å². The number of piperidine rings is 1. The number of halogens is 1. The molecule has 0 radical (unpaired) electrons. The Morgan fingerprint density at radius 3 is 2.91 bits per heavy atom. The molecule has 1 aliphatic heterocycles. The zero-order chi connectivity index (χ0) is 15.6. The molecule has 1 unspecified atom stereocenters. The lowest BCUT2D eigenvalue weighted by molar-refractivity contribution is 0.263. The van der Waals surface area contributed by atoms with Crippen LogP contribution in [0.3, 0.4) is 0 Å². The van der Waals surface area contributed by atoms with Crippen molar-refractivity contribution in [3.8, 4) is 0 Å². The maximum Gasteiger partial charge on any atom is 0.243 e. The summed E-state index contributed by atoms with van der Waals surface area (Å²) in [5.74, 6) is 0.377. The summed E-state index contributed by atoms with van der Waals surface area (Å²) < 4.78 is 27.7. The second kappa shape index (κ2) is 7.57. The minimum absolute atomic E-state index is 0. The Labute approximate surface area is 143 Å². The van der Waals surface area contributed by atoms with Gasteiger partial charge in [-0.25, -0.2) is 8.42 Å². The van der Waals surface area contributed by atoms with Crippen LogP contribution in [0.5, 0.6) is 0 Å². The molecule has 0 spiro atoms. The number of rotatable bonds is 4. The van der Waals surface area contributed by atoms with Crippen molar-refractivity contribution in [3.05, 3.63) is 36.5 Å². The van der Waals surface area contributed by atoms with E-state index >= 15 is 0 Å². The lowest BCUT2D eigenvalue weighted by Crippen LogP contribution is -2.42. The van der Waals surface area contributed by atoms with Gasteiger partial charge in [0.1, 0.15) is 0 Å². The van der Waals surface area contributed by atoms with E-state index in [1.54, 1.807) is 28.7 Å². The van der Waals surface area contributed by atoms with Gasteiger partial charge in [-0.2, -0.15) is 4.31 Å². The molecule has 3 rings (SSSR count). The first-order valence-electron chi connectivity index (χ1n) is 7.61. The van der Waals surface area contributed by atoms with E-state index in [-0.39, 0.29) is 12.4 Å². The molecule has 0 amide bonds. The number of hydrogen-bond acceptors (Lipinski definition) is 4. The molecule has 0 aliphatic carbocycles. The summed E-state index contributed by atoms with van der Waals surface area (Å²) in [5.41, 5.74) is 0.715. The van der Waals surface area contributed by atoms with Crippen LogP contribution in [0, 0.1) is 5.92 Å². The first-order chi connectivity index (χ1) is 10.6. The third-order valence-electron chi connectivity index (χ3n) is 4.20. The standard InChI is InChI=1S/C16H21N3O2S.ClH/c1-17-11-13-5-4-10-19(12-13)22(20,21)16-8-2-7-15-14(16)6-3-9-18-15;/h2-3,6-9,13,17H,4-5,10-12H2,1H3;1H. The summed E-state index contributed by atoms with van der Waals surface area (Å²) in [4.78, 5) is 4.62. The van der Waals surface area contributed by atoms with Crippen molar-refractivity contribution in [2.75, 3.05) is 26.7 Å². The van der Waals surface area contributed by atoms with Crippen molar-refractivity contribution in [1.82, 2.24) is 14.6 Å². The largest absolute Gasteiger partial charge is 0.319 e. The number of pyridine rings is 1. The molecule has 2 heterocycles. The molecule has 1 aromatic heterocycles. The predicted octanol–water partition coefficient (Wildman–Crippen LogP) is 2.28. The van der Waals surface area contributed by atoms with Gasteiger partial charge in [0.05, 0.1) is 10.4 Å². The van der Waals surface area contributed by atoms with Gasteiger partial charge in [-0.05, 0) is 56.6 Å². The first-order valence-corrected chi connectivity index (χ1v) is 9.05. The molecule has 2 aromatic rings. The molecule has 1 aliphatic rings. The van der Waals surface area contributed by atoms with Crippen molar-refractivity contribution in [1.29, 1.82) is 0 Å². The molecule has 1 aromatic carbocycles. The summed E-state index contributed by atoms with van der Waals surface area (Å²) in [6.45, 7) is 2.03. The molecule has 1 fully saturated rings. The van der Waals surface area contributed by atoms with E-state index in [4.69, 9.17) is 0 Å². The maximum absolute atomic E-state index is 13.0. The first kappa shape index (κ1) is 18.1. The van der Waals surface area contributed by atoms with Gasteiger partial charge in [0.25, 0.3) is 0 Å². The van der Waals surface area contributed by atoms with Crippen LogP contribution in [0.1, 0.15) is 12.8 Å². The quantitative estimate of drug-likeness (QED) is 0.913. The molecule has 1 saturated heterocycles. The number of nitrogens with zero attached hydrogens (tertiary/aromatic N) is 2. The van der Waals surface area contributed by atoms with E-state index in [0.717, 1.165) is 19.4 Å². The highest BCUT2D eigenvalue weighted by atomic mass is 35.5. The molecule has 126 valence electrons. The summed E-state index contributed by atoms with van der Waals surface area (Å²) in [6, 6.07) is 8.89. The van der Waals surface area contributed by atoms with E-state index in [1.165, 1.54) is 0 Å². The van der Waals surface area contributed by atoms with Crippen LogP contribution in [-0.2, 0) is 10.0 Å². The fraction of sp³-hybridized carbons (Fsp3) is 0.438. The molecular weight excluding hydrogens is 334 g/mol. The van der Waals surface area contributed by atoms with Gasteiger partial charge in [-0.1, -0.05) is 6.07 Å². The second-order valence-electron chi connectivity index (χ2n) is 5.76. The van der Waals surface area contributed by atoms with Crippen molar-refractivity contribution < 1.29 is 8.42 Å². The van der Waals surface area contributed by atoms with Crippen LogP contribution in [0.2, 0.25) is 0 Å². The van der Waals surface area contributed by atoms with E-state index in [9.17, 15) is 8.42 Å². The minimum atomic E-state index is -3.47. The Morgan fingerprint density at radius 1 is 1.30 bits per heavy atom. The van der Waals surface area contributed by atoms with Crippen LogP contribution in [-0.4, -0.2) is 44.4 Å². The lowest BCUT2D eigenvalue weighted by atomic mass is 10.00. The third-order valence-corrected chi connectivity index (χ3v) is 6.12. The molecule has 7 heteroatoms. The van der Waals surface area contributed by atoms with Gasteiger partial charge in [0.2, 0.25) is 10.0 Å². The zero-order valence-electron chi connectivity index (χ0n) is 13.1. The number of aromatic nitrogens is 1. The molecule has 1 atom stereocenters. The highest BCUT2D eigenvalue weighted by Crippen LogP contribution is 2.27. The average Bonchev–Trinajstić information content (AvgIpc) is 2.55. The Balaban J connectivity index is 0.00000192. The highest BCUT2D eigenvalue weighted by molar-refractivity contribution is 7.89. The summed E-state index contributed by atoms with van der Waals surface area (Å²) >= 11 is 0. The molecular formula is C16H22ClN3O2S. The Kier molecular flexibility index (Phi) is 5.97. The second-order valence-corrected chi connectivity index (χ2v) is 7.66. The molecule has 0 bridgehead atoms. The van der Waals surface area contributed by atoms with Crippen LogP contribution in [0.4, 0.5) is 0 Å². The summed E-state index contributed by atoms with van der Waals surface area (Å²) in [5, 5.41) is 3.84. The Bertz CT molecular complexity index is 760. The summed E-state index contributed by atoms with van der Waals surface area (Å²) in [7, 11) is -1.57. The maximum atomic E-state index is 13.0. The average molecular weight is 356 g/mol. The van der Waals surface area contributed by atoms with Crippen LogP contribution in [0.15, 0.2) is 41.4 Å². The highest BCUT2D eigenvalue weighted by Gasteiger charge is 2.31. The molecule has 23 heavy (non-hydrogen) atoms. The van der Waals surface area contributed by atoms with Gasteiger partial charge < -0.3 is 5.32 Å². The molecule has 1 N–H and O–H groups in total. The van der Waals surface area contributed by atoms with Crippen LogP contribution < -0.4 is 5.32 Å². The fourth-order valence-corrected chi connectivity index (χ4v) is 4.90. The SMILES string of the molecule is CNCC1CCCN(S(=O)(=O)c2cccc3ncccc23)C1.Cl. The smallest absolute Gasteiger partial charge is 0.243 e. The lowest BCUT2D eigenvalue weighted by Gasteiger charge is -2.32. The normalized spacial score (nSPS) is 19.4. The topological polar surface area (TPSA) is 62.3 Å². The Hall–Kier alpha value is -1.21. The van der Waals surface area contributed by atoms with Gasteiger partial charge in [0.15, 0.2) is 0 Å². The van der Waals surface area contributed by atoms with E-state index < -0.39 is 10.0 Å². The summed E-state index contributed by atoms with van der Waals surface area (Å²) in [6.07, 6.45) is 3.67. The zero-order valence-corrected chi connectivity index (χ0v) is 14.7. The number of sulfonamides is 1.